The molecule has 6 nitrogen and oxygen atoms in total. The predicted octanol–water partition coefficient (Wildman–Crippen LogP) is 3.77. The molecule has 3 aliphatic rings. The molecule has 0 aromatic carbocycles. The molecule has 1 unspecified atom stereocenters. The van der Waals surface area contributed by atoms with Gasteiger partial charge in [-0.2, -0.15) is 0 Å². The monoisotopic (exact) mass is 423 g/mol. The zero-order chi connectivity index (χ0) is 21.9. The fourth-order valence-electron chi connectivity index (χ4n) is 5.15. The van der Waals surface area contributed by atoms with Crippen molar-refractivity contribution < 1.29 is 23.7 Å². The van der Waals surface area contributed by atoms with E-state index >= 15 is 0 Å². The molecular formula is C24H41NO5. The molecule has 3 rings (SSSR count). The number of epoxide rings is 2. The van der Waals surface area contributed by atoms with E-state index < -0.39 is 0 Å². The van der Waals surface area contributed by atoms with Crippen molar-refractivity contribution in [2.24, 2.45) is 5.92 Å². The van der Waals surface area contributed by atoms with Gasteiger partial charge in [0, 0.05) is 13.2 Å². The van der Waals surface area contributed by atoms with Crippen molar-refractivity contribution in [3.05, 3.63) is 11.6 Å². The van der Waals surface area contributed by atoms with Gasteiger partial charge in [-0.1, -0.05) is 31.4 Å². The Morgan fingerprint density at radius 1 is 1.37 bits per heavy atom. The smallest absolute Gasteiger partial charge is 0.320 e. The Labute approximate surface area is 182 Å². The first-order valence-electron chi connectivity index (χ1n) is 11.7. The van der Waals surface area contributed by atoms with E-state index in [-0.39, 0.29) is 47.9 Å². The molecule has 0 aromatic heterocycles. The number of carbonyl (C=O) groups excluding carboxylic acids is 1. The van der Waals surface area contributed by atoms with E-state index in [2.05, 4.69) is 46.0 Å². The number of ether oxygens (including phenoxy) is 4. The van der Waals surface area contributed by atoms with Crippen LogP contribution >= 0.6 is 0 Å². The van der Waals surface area contributed by atoms with Gasteiger partial charge in [0.1, 0.15) is 23.4 Å². The molecule has 0 radical (unpaired) electrons. The van der Waals surface area contributed by atoms with Crippen LogP contribution < -0.4 is 5.32 Å². The molecule has 2 aliphatic heterocycles. The minimum absolute atomic E-state index is 0.0635. The van der Waals surface area contributed by atoms with Gasteiger partial charge < -0.3 is 24.3 Å². The Hall–Kier alpha value is -0.950. The Balaban J connectivity index is 1.61. The number of hydrogen-bond acceptors (Lipinski definition) is 6. The SMILES string of the molecule is CCCCC(C)NCC(=O)O[C@@H]1CC[C@]2(CO2)[C@@H]([C@]2(C)O[C@@H]2CC=C(C)C)[C@@H]1OC. The van der Waals surface area contributed by atoms with Gasteiger partial charge in [0.2, 0.25) is 0 Å². The summed E-state index contributed by atoms with van der Waals surface area (Å²) in [6, 6.07) is 0.313. The average molecular weight is 424 g/mol. The maximum atomic E-state index is 12.5. The first-order chi connectivity index (χ1) is 14.3. The Morgan fingerprint density at radius 2 is 2.10 bits per heavy atom. The van der Waals surface area contributed by atoms with Crippen molar-refractivity contribution in [2.45, 2.75) is 109 Å². The molecule has 0 amide bonds. The molecule has 1 spiro atoms. The average Bonchev–Trinajstić information content (AvgIpc) is 3.62. The largest absolute Gasteiger partial charge is 0.459 e. The van der Waals surface area contributed by atoms with Gasteiger partial charge in [0.15, 0.2) is 0 Å². The summed E-state index contributed by atoms with van der Waals surface area (Å²) in [4.78, 5) is 12.5. The highest BCUT2D eigenvalue weighted by Gasteiger charge is 2.72. The molecule has 1 saturated carbocycles. The summed E-state index contributed by atoms with van der Waals surface area (Å²) in [7, 11) is 1.71. The third-order valence-electron chi connectivity index (χ3n) is 7.11. The molecule has 172 valence electrons. The van der Waals surface area contributed by atoms with Crippen molar-refractivity contribution in [1.29, 1.82) is 0 Å². The van der Waals surface area contributed by atoms with Gasteiger partial charge in [-0.3, -0.25) is 4.79 Å². The number of rotatable bonds is 11. The molecule has 1 aliphatic carbocycles. The number of allylic oxidation sites excluding steroid dienone is 1. The van der Waals surface area contributed by atoms with E-state index in [0.29, 0.717) is 6.04 Å². The van der Waals surface area contributed by atoms with E-state index in [9.17, 15) is 4.79 Å². The maximum absolute atomic E-state index is 12.5. The van der Waals surface area contributed by atoms with Gasteiger partial charge in [-0.05, 0) is 53.4 Å². The molecule has 0 bridgehead atoms. The van der Waals surface area contributed by atoms with Gasteiger partial charge >= 0.3 is 5.97 Å². The minimum atomic E-state index is -0.304. The topological polar surface area (TPSA) is 72.6 Å². The lowest BCUT2D eigenvalue weighted by Crippen LogP contribution is -2.56. The molecule has 2 saturated heterocycles. The summed E-state index contributed by atoms with van der Waals surface area (Å²) >= 11 is 0. The van der Waals surface area contributed by atoms with Gasteiger partial charge in [0.05, 0.1) is 25.2 Å². The van der Waals surface area contributed by atoms with E-state index in [1.54, 1.807) is 7.11 Å². The highest BCUT2D eigenvalue weighted by atomic mass is 16.6. The van der Waals surface area contributed by atoms with Crippen molar-refractivity contribution in [1.82, 2.24) is 5.32 Å². The number of carbonyl (C=O) groups is 1. The summed E-state index contributed by atoms with van der Waals surface area (Å²) in [6.45, 7) is 11.6. The molecule has 1 N–H and O–H groups in total. The van der Waals surface area contributed by atoms with Crippen LogP contribution in [0.15, 0.2) is 11.6 Å². The van der Waals surface area contributed by atoms with Gasteiger partial charge in [-0.15, -0.1) is 0 Å². The van der Waals surface area contributed by atoms with Crippen LogP contribution in [0.25, 0.3) is 0 Å². The summed E-state index contributed by atoms with van der Waals surface area (Å²) in [5, 5.41) is 3.29. The fourth-order valence-corrected chi connectivity index (χ4v) is 5.15. The first kappa shape index (κ1) is 23.7. The van der Waals surface area contributed by atoms with Crippen LogP contribution in [0, 0.1) is 5.92 Å². The maximum Gasteiger partial charge on any atom is 0.320 e. The second-order valence-corrected chi connectivity index (χ2v) is 9.83. The van der Waals surface area contributed by atoms with Gasteiger partial charge in [0.25, 0.3) is 0 Å². The van der Waals surface area contributed by atoms with E-state index in [1.165, 1.54) is 5.57 Å². The first-order valence-corrected chi connectivity index (χ1v) is 11.7. The Kier molecular flexibility index (Phi) is 7.65. The number of nitrogens with one attached hydrogen (secondary N) is 1. The van der Waals surface area contributed by atoms with Crippen LogP contribution in [0.3, 0.4) is 0 Å². The fraction of sp³-hybridized carbons (Fsp3) is 0.875. The Bertz CT molecular complexity index is 627. The quantitative estimate of drug-likeness (QED) is 0.310. The third-order valence-corrected chi connectivity index (χ3v) is 7.11. The third kappa shape index (κ3) is 5.26. The number of methoxy groups -OCH3 is 1. The van der Waals surface area contributed by atoms with E-state index in [4.69, 9.17) is 18.9 Å². The number of esters is 1. The minimum Gasteiger partial charge on any atom is -0.459 e. The highest BCUT2D eigenvalue weighted by Crippen LogP contribution is 2.59. The lowest BCUT2D eigenvalue weighted by atomic mass is 9.68. The molecule has 30 heavy (non-hydrogen) atoms. The normalized spacial score (nSPS) is 38.2. The molecule has 6 heteroatoms. The van der Waals surface area contributed by atoms with Crippen molar-refractivity contribution >= 4 is 5.97 Å². The van der Waals surface area contributed by atoms with Crippen LogP contribution in [-0.2, 0) is 23.7 Å². The summed E-state index contributed by atoms with van der Waals surface area (Å²) in [5.41, 5.74) is 0.802. The van der Waals surface area contributed by atoms with Gasteiger partial charge in [-0.25, -0.2) is 0 Å². The molecule has 7 atom stereocenters. The van der Waals surface area contributed by atoms with Crippen molar-refractivity contribution in [3.8, 4) is 0 Å². The van der Waals surface area contributed by atoms with Crippen LogP contribution in [-0.4, -0.2) is 61.8 Å². The standard InChI is InChI=1S/C24H41NO5/c1-7-8-9-17(4)25-14-20(26)29-18-12-13-24(15-28-24)22(21(18)27-6)23(5)19(30-23)11-10-16(2)3/h10,17-19,21-22,25H,7-9,11-15H2,1-6H3/t17?,18-,19-,21-,22-,23-,24+/m1/s1. The second kappa shape index (κ2) is 9.68. The molecule has 2 heterocycles. The lowest BCUT2D eigenvalue weighted by Gasteiger charge is -2.42. The number of unbranched alkanes of at least 4 members (excludes halogenated alkanes) is 1. The second-order valence-electron chi connectivity index (χ2n) is 9.83. The van der Waals surface area contributed by atoms with Crippen LogP contribution in [0.1, 0.15) is 73.1 Å². The van der Waals surface area contributed by atoms with Crippen LogP contribution in [0.4, 0.5) is 0 Å². The molecular weight excluding hydrogens is 382 g/mol. The lowest BCUT2D eigenvalue weighted by molar-refractivity contribution is -0.171. The van der Waals surface area contributed by atoms with E-state index in [0.717, 1.165) is 45.1 Å². The van der Waals surface area contributed by atoms with Crippen molar-refractivity contribution in [2.75, 3.05) is 20.3 Å². The van der Waals surface area contributed by atoms with Crippen molar-refractivity contribution in [3.63, 3.8) is 0 Å². The Morgan fingerprint density at radius 3 is 2.70 bits per heavy atom. The molecule has 0 aromatic rings. The number of hydrogen-bond donors (Lipinski definition) is 1. The zero-order valence-electron chi connectivity index (χ0n) is 19.7. The summed E-state index contributed by atoms with van der Waals surface area (Å²) < 4.78 is 24.0. The summed E-state index contributed by atoms with van der Waals surface area (Å²) in [6.07, 6.45) is 7.83. The summed E-state index contributed by atoms with van der Waals surface area (Å²) in [5.74, 6) is -0.145. The zero-order valence-corrected chi connectivity index (χ0v) is 19.7. The van der Waals surface area contributed by atoms with Crippen LogP contribution in [0.2, 0.25) is 0 Å². The predicted molar refractivity (Wildman–Crippen MR) is 116 cm³/mol. The molecule has 3 fully saturated rings. The van der Waals surface area contributed by atoms with Crippen LogP contribution in [0.5, 0.6) is 0 Å². The van der Waals surface area contributed by atoms with E-state index in [1.807, 2.05) is 0 Å². The highest BCUT2D eigenvalue weighted by molar-refractivity contribution is 5.72.